The van der Waals surface area contributed by atoms with Crippen LogP contribution >= 0.6 is 0 Å². The number of nitrogens with two attached hydrogens (primary N) is 1. The van der Waals surface area contributed by atoms with Gasteiger partial charge in [-0.25, -0.2) is 0 Å². The van der Waals surface area contributed by atoms with Crippen molar-refractivity contribution < 1.29 is 0 Å². The Morgan fingerprint density at radius 3 is 2.57 bits per heavy atom. The molecule has 0 amide bonds. The minimum Gasteiger partial charge on any atom is -0.329 e. The third kappa shape index (κ3) is 1.96. The highest BCUT2D eigenvalue weighted by molar-refractivity contribution is 4.89. The summed E-state index contributed by atoms with van der Waals surface area (Å²) in [5, 5.41) is 0. The van der Waals surface area contributed by atoms with Crippen molar-refractivity contribution in [2.24, 2.45) is 11.7 Å². The van der Waals surface area contributed by atoms with Crippen LogP contribution in [0.25, 0.3) is 0 Å². The van der Waals surface area contributed by atoms with Gasteiger partial charge in [0.2, 0.25) is 0 Å². The summed E-state index contributed by atoms with van der Waals surface area (Å²) in [6, 6.07) is 1.58. The van der Waals surface area contributed by atoms with Crippen molar-refractivity contribution in [3.63, 3.8) is 0 Å². The summed E-state index contributed by atoms with van der Waals surface area (Å²) in [4.78, 5) is 2.70. The second kappa shape index (κ2) is 4.63. The van der Waals surface area contributed by atoms with Gasteiger partial charge in [-0.2, -0.15) is 0 Å². The molecule has 0 radical (unpaired) electrons. The van der Waals surface area contributed by atoms with E-state index in [2.05, 4.69) is 11.8 Å². The van der Waals surface area contributed by atoms with Crippen molar-refractivity contribution in [2.45, 2.75) is 57.5 Å². The van der Waals surface area contributed by atoms with E-state index < -0.39 is 0 Å². The van der Waals surface area contributed by atoms with Gasteiger partial charge in [0.05, 0.1) is 0 Å². The first-order valence-electron chi connectivity index (χ1n) is 6.31. The maximum Gasteiger partial charge on any atom is 0.0223 e. The minimum absolute atomic E-state index is 0.694. The zero-order valence-corrected chi connectivity index (χ0v) is 9.41. The highest BCUT2D eigenvalue weighted by Crippen LogP contribution is 2.33. The first-order valence-corrected chi connectivity index (χ1v) is 6.31. The number of rotatable bonds is 3. The Hall–Kier alpha value is -0.0800. The zero-order valence-electron chi connectivity index (χ0n) is 9.41. The smallest absolute Gasteiger partial charge is 0.0223 e. The van der Waals surface area contributed by atoms with Crippen LogP contribution in [0.15, 0.2) is 0 Å². The molecule has 1 aliphatic carbocycles. The van der Waals surface area contributed by atoms with Gasteiger partial charge in [0.15, 0.2) is 0 Å². The Kier molecular flexibility index (Phi) is 3.45. The lowest BCUT2D eigenvalue weighted by atomic mass is 9.83. The quantitative estimate of drug-likeness (QED) is 0.748. The van der Waals surface area contributed by atoms with Crippen molar-refractivity contribution in [1.29, 1.82) is 0 Å². The fourth-order valence-electron chi connectivity index (χ4n) is 2.95. The molecule has 0 aromatic rings. The molecule has 2 nitrogen and oxygen atoms in total. The van der Waals surface area contributed by atoms with Gasteiger partial charge in [-0.05, 0) is 38.1 Å². The summed E-state index contributed by atoms with van der Waals surface area (Å²) in [5.41, 5.74) is 5.89. The fourth-order valence-corrected chi connectivity index (χ4v) is 2.95. The van der Waals surface area contributed by atoms with Crippen molar-refractivity contribution in [3.05, 3.63) is 0 Å². The average Bonchev–Trinajstić information content (AvgIpc) is 2.16. The SMILES string of the molecule is CCC1CCN(C2CCC2)C(CN)C1. The molecule has 0 aromatic heterocycles. The molecule has 1 heterocycles. The molecule has 1 saturated carbocycles. The van der Waals surface area contributed by atoms with Crippen LogP contribution in [-0.2, 0) is 0 Å². The van der Waals surface area contributed by atoms with E-state index in [-0.39, 0.29) is 0 Å². The fraction of sp³-hybridized carbons (Fsp3) is 1.00. The summed E-state index contributed by atoms with van der Waals surface area (Å²) in [6.45, 7) is 4.50. The molecule has 82 valence electrons. The molecule has 2 unspecified atom stereocenters. The second-order valence-electron chi connectivity index (χ2n) is 5.01. The van der Waals surface area contributed by atoms with E-state index in [0.717, 1.165) is 18.5 Å². The van der Waals surface area contributed by atoms with Gasteiger partial charge in [0, 0.05) is 18.6 Å². The van der Waals surface area contributed by atoms with Crippen LogP contribution in [0.4, 0.5) is 0 Å². The Bertz CT molecular complexity index is 177. The van der Waals surface area contributed by atoms with Crippen molar-refractivity contribution in [2.75, 3.05) is 13.1 Å². The highest BCUT2D eigenvalue weighted by Gasteiger charge is 2.33. The van der Waals surface area contributed by atoms with E-state index in [1.807, 2.05) is 0 Å². The zero-order chi connectivity index (χ0) is 9.97. The average molecular weight is 196 g/mol. The number of piperidine rings is 1. The lowest BCUT2D eigenvalue weighted by molar-refractivity contribution is 0.0348. The molecule has 1 saturated heterocycles. The van der Waals surface area contributed by atoms with Crippen molar-refractivity contribution in [1.82, 2.24) is 4.90 Å². The Morgan fingerprint density at radius 1 is 1.29 bits per heavy atom. The van der Waals surface area contributed by atoms with E-state index >= 15 is 0 Å². The Labute approximate surface area is 87.8 Å². The van der Waals surface area contributed by atoms with Gasteiger partial charge in [0.25, 0.3) is 0 Å². The molecular weight excluding hydrogens is 172 g/mol. The summed E-state index contributed by atoms with van der Waals surface area (Å²) in [5.74, 6) is 0.944. The molecule has 0 aromatic carbocycles. The maximum atomic E-state index is 5.89. The van der Waals surface area contributed by atoms with Gasteiger partial charge in [-0.1, -0.05) is 19.8 Å². The van der Waals surface area contributed by atoms with E-state index in [1.165, 1.54) is 45.1 Å². The van der Waals surface area contributed by atoms with Gasteiger partial charge >= 0.3 is 0 Å². The monoisotopic (exact) mass is 196 g/mol. The molecule has 14 heavy (non-hydrogen) atoms. The summed E-state index contributed by atoms with van der Waals surface area (Å²) >= 11 is 0. The third-order valence-electron chi connectivity index (χ3n) is 4.26. The van der Waals surface area contributed by atoms with E-state index in [0.29, 0.717) is 6.04 Å². The number of likely N-dealkylation sites (tertiary alicyclic amines) is 1. The molecule has 2 fully saturated rings. The predicted molar refractivity (Wildman–Crippen MR) is 60.2 cm³/mol. The normalized spacial score (nSPS) is 35.6. The maximum absolute atomic E-state index is 5.89. The lowest BCUT2D eigenvalue weighted by Crippen LogP contribution is -2.53. The first-order chi connectivity index (χ1) is 6.85. The predicted octanol–water partition coefficient (Wildman–Crippen LogP) is 1.99. The van der Waals surface area contributed by atoms with E-state index in [9.17, 15) is 0 Å². The van der Waals surface area contributed by atoms with Gasteiger partial charge in [-0.3, -0.25) is 4.90 Å². The summed E-state index contributed by atoms with van der Waals surface area (Å²) < 4.78 is 0. The van der Waals surface area contributed by atoms with Crippen LogP contribution in [0.5, 0.6) is 0 Å². The molecule has 0 bridgehead atoms. The van der Waals surface area contributed by atoms with Crippen LogP contribution < -0.4 is 5.73 Å². The molecule has 0 spiro atoms. The molecule has 2 N–H and O–H groups in total. The van der Waals surface area contributed by atoms with Crippen LogP contribution in [0, 0.1) is 5.92 Å². The standard InChI is InChI=1S/C12H24N2/c1-2-10-6-7-14(11-4-3-5-11)12(8-10)9-13/h10-12H,2-9,13H2,1H3. The topological polar surface area (TPSA) is 29.3 Å². The Balaban J connectivity index is 1.90. The molecule has 2 atom stereocenters. The van der Waals surface area contributed by atoms with Crippen molar-refractivity contribution >= 4 is 0 Å². The van der Waals surface area contributed by atoms with Crippen LogP contribution in [0.1, 0.15) is 45.4 Å². The number of hydrogen-bond acceptors (Lipinski definition) is 2. The van der Waals surface area contributed by atoms with Crippen LogP contribution in [0.2, 0.25) is 0 Å². The van der Waals surface area contributed by atoms with E-state index in [1.54, 1.807) is 0 Å². The number of nitrogens with zero attached hydrogens (tertiary/aromatic N) is 1. The van der Waals surface area contributed by atoms with E-state index in [4.69, 9.17) is 5.73 Å². The summed E-state index contributed by atoms with van der Waals surface area (Å²) in [7, 11) is 0. The lowest BCUT2D eigenvalue weighted by Gasteiger charge is -2.46. The highest BCUT2D eigenvalue weighted by atomic mass is 15.2. The summed E-state index contributed by atoms with van der Waals surface area (Å²) in [6.07, 6.45) is 8.39. The second-order valence-corrected chi connectivity index (χ2v) is 5.01. The molecule has 2 rings (SSSR count). The van der Waals surface area contributed by atoms with Gasteiger partial charge < -0.3 is 5.73 Å². The molecule has 2 aliphatic rings. The molecule has 1 aliphatic heterocycles. The van der Waals surface area contributed by atoms with Crippen LogP contribution in [0.3, 0.4) is 0 Å². The van der Waals surface area contributed by atoms with Gasteiger partial charge in [0.1, 0.15) is 0 Å². The van der Waals surface area contributed by atoms with Gasteiger partial charge in [-0.15, -0.1) is 0 Å². The third-order valence-corrected chi connectivity index (χ3v) is 4.26. The largest absolute Gasteiger partial charge is 0.329 e. The van der Waals surface area contributed by atoms with Crippen molar-refractivity contribution in [3.8, 4) is 0 Å². The number of hydrogen-bond donors (Lipinski definition) is 1. The Morgan fingerprint density at radius 2 is 2.07 bits per heavy atom. The molecule has 2 heteroatoms. The minimum atomic E-state index is 0.694. The molecular formula is C12H24N2. The first kappa shape index (κ1) is 10.4. The van der Waals surface area contributed by atoms with Crippen LogP contribution in [-0.4, -0.2) is 30.1 Å².